The molecule has 2 rings (SSSR count). The van der Waals surface area contributed by atoms with Gasteiger partial charge in [0.05, 0.1) is 12.3 Å². The van der Waals surface area contributed by atoms with Crippen molar-refractivity contribution < 1.29 is 14.0 Å². The largest absolute Gasteiger partial charge is 0.459 e. The van der Waals surface area contributed by atoms with Crippen LogP contribution in [0.3, 0.4) is 0 Å². The number of benzene rings is 1. The van der Waals surface area contributed by atoms with Crippen molar-refractivity contribution in [1.82, 2.24) is 0 Å². The summed E-state index contributed by atoms with van der Waals surface area (Å²) in [5, 5.41) is 5.32. The van der Waals surface area contributed by atoms with E-state index in [1.54, 1.807) is 43.3 Å². The van der Waals surface area contributed by atoms with Crippen LogP contribution in [0.4, 0.5) is 11.4 Å². The molecule has 4 N–H and O–H groups in total. The van der Waals surface area contributed by atoms with Gasteiger partial charge in [0.2, 0.25) is 5.91 Å². The molecule has 6 heteroatoms. The molecule has 0 radical (unpaired) electrons. The van der Waals surface area contributed by atoms with Gasteiger partial charge in [0.25, 0.3) is 5.91 Å². The molecule has 0 aliphatic rings. The fourth-order valence-electron chi connectivity index (χ4n) is 1.53. The first-order valence-corrected chi connectivity index (χ1v) is 6.07. The highest BCUT2D eigenvalue weighted by Gasteiger charge is 2.10. The van der Waals surface area contributed by atoms with Crippen molar-refractivity contribution in [2.75, 3.05) is 10.6 Å². The average molecular weight is 273 g/mol. The third kappa shape index (κ3) is 3.46. The summed E-state index contributed by atoms with van der Waals surface area (Å²) in [5.41, 5.74) is 6.58. The van der Waals surface area contributed by atoms with Gasteiger partial charge in [-0.15, -0.1) is 0 Å². The molecular formula is C14H15N3O3. The van der Waals surface area contributed by atoms with Gasteiger partial charge in [-0.1, -0.05) is 6.07 Å². The van der Waals surface area contributed by atoms with Gasteiger partial charge in [-0.2, -0.15) is 0 Å². The van der Waals surface area contributed by atoms with E-state index >= 15 is 0 Å². The highest BCUT2D eigenvalue weighted by atomic mass is 16.3. The molecule has 0 bridgehead atoms. The van der Waals surface area contributed by atoms with Crippen molar-refractivity contribution in [3.63, 3.8) is 0 Å². The van der Waals surface area contributed by atoms with Crippen molar-refractivity contribution in [2.24, 2.45) is 5.73 Å². The minimum absolute atomic E-state index is 0.218. The van der Waals surface area contributed by atoms with E-state index in [1.807, 2.05) is 0 Å². The summed E-state index contributed by atoms with van der Waals surface area (Å²) >= 11 is 0. The first kappa shape index (κ1) is 13.8. The molecule has 0 fully saturated rings. The number of nitrogens with one attached hydrogen (secondary N) is 2. The van der Waals surface area contributed by atoms with Gasteiger partial charge in [0.15, 0.2) is 5.76 Å². The minimum atomic E-state index is -0.601. The van der Waals surface area contributed by atoms with Crippen LogP contribution >= 0.6 is 0 Å². The molecular weight excluding hydrogens is 258 g/mol. The third-order valence-corrected chi connectivity index (χ3v) is 2.55. The summed E-state index contributed by atoms with van der Waals surface area (Å²) in [5.74, 6) is -0.430. The monoisotopic (exact) mass is 273 g/mol. The molecule has 1 heterocycles. The highest BCUT2D eigenvalue weighted by Crippen LogP contribution is 2.16. The molecule has 104 valence electrons. The third-order valence-electron chi connectivity index (χ3n) is 2.55. The molecule has 1 atom stereocenters. The summed E-state index contributed by atoms with van der Waals surface area (Å²) < 4.78 is 5.00. The fraction of sp³-hybridized carbons (Fsp3) is 0.143. The van der Waals surface area contributed by atoms with Crippen LogP contribution in [0.15, 0.2) is 47.1 Å². The van der Waals surface area contributed by atoms with Gasteiger partial charge in [0.1, 0.15) is 0 Å². The number of carbonyl (C=O) groups excluding carboxylic acids is 2. The molecule has 1 aromatic heterocycles. The Bertz CT molecular complexity index is 606. The maximum absolute atomic E-state index is 11.8. The van der Waals surface area contributed by atoms with E-state index in [4.69, 9.17) is 10.2 Å². The number of anilines is 2. The topological polar surface area (TPSA) is 97.4 Å². The van der Waals surface area contributed by atoms with Gasteiger partial charge in [-0.25, -0.2) is 0 Å². The summed E-state index contributed by atoms with van der Waals surface area (Å²) in [4.78, 5) is 23.3. The number of hydrogen-bond donors (Lipinski definition) is 3. The molecule has 0 aliphatic carbocycles. The SMILES string of the molecule is CC(N)C(=O)Nc1cccc(NC(=O)c2ccco2)c1. The number of rotatable bonds is 4. The molecule has 2 aromatic rings. The Kier molecular flexibility index (Phi) is 4.17. The van der Waals surface area contributed by atoms with Crippen LogP contribution in [0.1, 0.15) is 17.5 Å². The lowest BCUT2D eigenvalue weighted by Gasteiger charge is -2.09. The van der Waals surface area contributed by atoms with Crippen molar-refractivity contribution in [1.29, 1.82) is 0 Å². The maximum atomic E-state index is 11.8. The zero-order chi connectivity index (χ0) is 14.5. The number of nitrogens with two attached hydrogens (primary N) is 1. The van der Waals surface area contributed by atoms with Gasteiger partial charge in [0, 0.05) is 11.4 Å². The van der Waals surface area contributed by atoms with Gasteiger partial charge in [-0.3, -0.25) is 9.59 Å². The molecule has 0 spiro atoms. The summed E-state index contributed by atoms with van der Waals surface area (Å²) in [6.07, 6.45) is 1.42. The summed E-state index contributed by atoms with van der Waals surface area (Å²) in [6.45, 7) is 1.60. The van der Waals surface area contributed by atoms with Gasteiger partial charge < -0.3 is 20.8 Å². The quantitative estimate of drug-likeness (QED) is 0.791. The van der Waals surface area contributed by atoms with Crippen molar-refractivity contribution in [2.45, 2.75) is 13.0 Å². The lowest BCUT2D eigenvalue weighted by atomic mass is 10.2. The predicted octanol–water partition coefficient (Wildman–Crippen LogP) is 1.82. The average Bonchev–Trinajstić information content (AvgIpc) is 2.92. The maximum Gasteiger partial charge on any atom is 0.291 e. The number of hydrogen-bond acceptors (Lipinski definition) is 4. The molecule has 0 aliphatic heterocycles. The van der Waals surface area contributed by atoms with Crippen LogP contribution in [-0.2, 0) is 4.79 Å². The Morgan fingerprint density at radius 3 is 2.45 bits per heavy atom. The van der Waals surface area contributed by atoms with Crippen molar-refractivity contribution in [3.05, 3.63) is 48.4 Å². The molecule has 0 saturated heterocycles. The molecule has 1 unspecified atom stereocenters. The van der Waals surface area contributed by atoms with Crippen LogP contribution in [0.5, 0.6) is 0 Å². The summed E-state index contributed by atoms with van der Waals surface area (Å²) in [7, 11) is 0. The number of amides is 2. The van der Waals surface area contributed by atoms with E-state index < -0.39 is 6.04 Å². The number of carbonyl (C=O) groups is 2. The second kappa shape index (κ2) is 6.03. The molecule has 20 heavy (non-hydrogen) atoms. The first-order valence-electron chi connectivity index (χ1n) is 6.07. The second-order valence-electron chi connectivity index (χ2n) is 4.29. The van der Waals surface area contributed by atoms with Crippen molar-refractivity contribution >= 4 is 23.2 Å². The van der Waals surface area contributed by atoms with Crippen LogP contribution in [0, 0.1) is 0 Å². The standard InChI is InChI=1S/C14H15N3O3/c1-9(15)13(18)16-10-4-2-5-11(8-10)17-14(19)12-6-3-7-20-12/h2-9H,15H2,1H3,(H,16,18)(H,17,19). The lowest BCUT2D eigenvalue weighted by molar-refractivity contribution is -0.117. The smallest absolute Gasteiger partial charge is 0.291 e. The normalized spacial score (nSPS) is 11.7. The van der Waals surface area contributed by atoms with Gasteiger partial charge >= 0.3 is 0 Å². The van der Waals surface area contributed by atoms with E-state index in [0.717, 1.165) is 0 Å². The zero-order valence-electron chi connectivity index (χ0n) is 10.9. The van der Waals surface area contributed by atoms with Crippen molar-refractivity contribution in [3.8, 4) is 0 Å². The lowest BCUT2D eigenvalue weighted by Crippen LogP contribution is -2.32. The van der Waals surface area contributed by atoms with Gasteiger partial charge in [-0.05, 0) is 37.3 Å². The molecule has 6 nitrogen and oxygen atoms in total. The van der Waals surface area contributed by atoms with E-state index in [1.165, 1.54) is 6.26 Å². The summed E-state index contributed by atoms with van der Waals surface area (Å²) in [6, 6.07) is 9.38. The first-order chi connectivity index (χ1) is 9.56. The Morgan fingerprint density at radius 2 is 1.85 bits per heavy atom. The van der Waals surface area contributed by atoms with Crippen LogP contribution < -0.4 is 16.4 Å². The Morgan fingerprint density at radius 1 is 1.15 bits per heavy atom. The van der Waals surface area contributed by atoms with E-state index in [0.29, 0.717) is 11.4 Å². The minimum Gasteiger partial charge on any atom is -0.459 e. The second-order valence-corrected chi connectivity index (χ2v) is 4.29. The zero-order valence-corrected chi connectivity index (χ0v) is 10.9. The van der Waals surface area contributed by atoms with E-state index in [2.05, 4.69) is 10.6 Å². The van der Waals surface area contributed by atoms with E-state index in [9.17, 15) is 9.59 Å². The fourth-order valence-corrected chi connectivity index (χ4v) is 1.53. The molecule has 0 saturated carbocycles. The Labute approximate surface area is 116 Å². The highest BCUT2D eigenvalue weighted by molar-refractivity contribution is 6.02. The van der Waals surface area contributed by atoms with Crippen LogP contribution in [0.25, 0.3) is 0 Å². The molecule has 2 amide bonds. The van der Waals surface area contributed by atoms with Crippen LogP contribution in [-0.4, -0.2) is 17.9 Å². The molecule has 1 aromatic carbocycles. The Hall–Kier alpha value is -2.60. The Balaban J connectivity index is 2.06. The van der Waals surface area contributed by atoms with E-state index in [-0.39, 0.29) is 17.6 Å². The van der Waals surface area contributed by atoms with Crippen LogP contribution in [0.2, 0.25) is 0 Å². The predicted molar refractivity (Wildman–Crippen MR) is 75.4 cm³/mol. The number of furan rings is 1.